The second-order valence-corrected chi connectivity index (χ2v) is 6.71. The minimum absolute atomic E-state index is 0.00238. The standard InChI is InChI=1S/C16H13N3O4S/c1-11-4-6-13(7-5-11)24(21,22)19-15(20)14-10-23-16(18-14)12-3-2-8-17-9-12/h2-10H,1H3,(H,19,20). The maximum absolute atomic E-state index is 12.2. The van der Waals surface area contributed by atoms with E-state index in [0.717, 1.165) is 11.8 Å². The Labute approximate surface area is 138 Å². The molecule has 3 rings (SSSR count). The van der Waals surface area contributed by atoms with Crippen molar-refractivity contribution in [2.75, 3.05) is 0 Å². The Morgan fingerprint density at radius 1 is 1.17 bits per heavy atom. The third kappa shape index (κ3) is 3.33. The van der Waals surface area contributed by atoms with Crippen LogP contribution in [0.25, 0.3) is 11.5 Å². The molecule has 8 heteroatoms. The predicted octanol–water partition coefficient (Wildman–Crippen LogP) is 2.16. The summed E-state index contributed by atoms with van der Waals surface area (Å²) in [6.07, 6.45) is 4.22. The average Bonchev–Trinajstić information content (AvgIpc) is 3.06. The number of rotatable bonds is 4. The average molecular weight is 343 g/mol. The van der Waals surface area contributed by atoms with Gasteiger partial charge in [0, 0.05) is 12.4 Å². The fourth-order valence-electron chi connectivity index (χ4n) is 1.95. The van der Waals surface area contributed by atoms with Crippen LogP contribution in [0.3, 0.4) is 0 Å². The van der Waals surface area contributed by atoms with Crippen LogP contribution in [0.1, 0.15) is 16.1 Å². The number of aromatic nitrogens is 2. The second-order valence-electron chi connectivity index (χ2n) is 5.03. The molecule has 0 aliphatic rings. The van der Waals surface area contributed by atoms with Gasteiger partial charge < -0.3 is 4.42 Å². The number of pyridine rings is 1. The molecule has 1 N–H and O–H groups in total. The molecule has 0 fully saturated rings. The molecule has 24 heavy (non-hydrogen) atoms. The van der Waals surface area contributed by atoms with Crippen LogP contribution in [0.5, 0.6) is 0 Å². The smallest absolute Gasteiger partial charge is 0.286 e. The first kappa shape index (κ1) is 15.9. The van der Waals surface area contributed by atoms with Crippen LogP contribution in [0.15, 0.2) is 64.4 Å². The lowest BCUT2D eigenvalue weighted by Gasteiger charge is -2.05. The van der Waals surface area contributed by atoms with Gasteiger partial charge in [0.1, 0.15) is 6.26 Å². The Bertz CT molecular complexity index is 964. The van der Waals surface area contributed by atoms with Crippen molar-refractivity contribution >= 4 is 15.9 Å². The molecule has 2 heterocycles. The molecule has 2 aromatic heterocycles. The van der Waals surface area contributed by atoms with Crippen molar-refractivity contribution in [3.8, 4) is 11.5 Å². The van der Waals surface area contributed by atoms with E-state index in [4.69, 9.17) is 4.42 Å². The number of nitrogens with one attached hydrogen (secondary N) is 1. The molecule has 7 nitrogen and oxygen atoms in total. The van der Waals surface area contributed by atoms with Crippen LogP contribution < -0.4 is 4.72 Å². The van der Waals surface area contributed by atoms with Gasteiger partial charge in [0.25, 0.3) is 15.9 Å². The topological polar surface area (TPSA) is 102 Å². The van der Waals surface area contributed by atoms with Gasteiger partial charge in [0.05, 0.1) is 10.5 Å². The minimum Gasteiger partial charge on any atom is -0.444 e. The number of hydrogen-bond donors (Lipinski definition) is 1. The molecule has 0 aliphatic carbocycles. The summed E-state index contributed by atoms with van der Waals surface area (Å²) in [5, 5.41) is 0. The Morgan fingerprint density at radius 3 is 2.58 bits per heavy atom. The van der Waals surface area contributed by atoms with Gasteiger partial charge in [-0.15, -0.1) is 0 Å². The molecule has 122 valence electrons. The third-order valence-corrected chi connectivity index (χ3v) is 4.55. The van der Waals surface area contributed by atoms with Crippen LogP contribution in [-0.4, -0.2) is 24.3 Å². The molecule has 0 radical (unpaired) electrons. The Kier molecular flexibility index (Phi) is 4.13. The first-order valence-electron chi connectivity index (χ1n) is 6.95. The molecule has 0 aliphatic heterocycles. The highest BCUT2D eigenvalue weighted by atomic mass is 32.2. The fourth-order valence-corrected chi connectivity index (χ4v) is 2.91. The molecule has 3 aromatic rings. The van der Waals surface area contributed by atoms with E-state index in [9.17, 15) is 13.2 Å². The third-order valence-electron chi connectivity index (χ3n) is 3.20. The summed E-state index contributed by atoms with van der Waals surface area (Å²) >= 11 is 0. The van der Waals surface area contributed by atoms with Crippen LogP contribution >= 0.6 is 0 Å². The van der Waals surface area contributed by atoms with Crippen LogP contribution in [0, 0.1) is 6.92 Å². The number of nitrogens with zero attached hydrogens (tertiary/aromatic N) is 2. The monoisotopic (exact) mass is 343 g/mol. The molecule has 0 bridgehead atoms. The molecular formula is C16H13N3O4S. The Balaban J connectivity index is 1.80. The van der Waals surface area contributed by atoms with Gasteiger partial charge in [0.15, 0.2) is 5.69 Å². The van der Waals surface area contributed by atoms with E-state index < -0.39 is 15.9 Å². The lowest BCUT2D eigenvalue weighted by atomic mass is 10.2. The van der Waals surface area contributed by atoms with E-state index in [1.807, 2.05) is 11.6 Å². The maximum atomic E-state index is 12.2. The zero-order chi connectivity index (χ0) is 17.2. The van der Waals surface area contributed by atoms with Gasteiger partial charge in [-0.2, -0.15) is 0 Å². The number of aryl methyl sites for hydroxylation is 1. The van der Waals surface area contributed by atoms with Crippen LogP contribution in [0.4, 0.5) is 0 Å². The summed E-state index contributed by atoms with van der Waals surface area (Å²) < 4.78 is 31.6. The van der Waals surface area contributed by atoms with Gasteiger partial charge in [-0.1, -0.05) is 17.7 Å². The minimum atomic E-state index is -3.97. The van der Waals surface area contributed by atoms with Gasteiger partial charge in [0.2, 0.25) is 5.89 Å². The zero-order valence-electron chi connectivity index (χ0n) is 12.6. The van der Waals surface area contributed by atoms with Crippen LogP contribution in [0.2, 0.25) is 0 Å². The number of amides is 1. The molecule has 0 atom stereocenters. The fraction of sp³-hybridized carbons (Fsp3) is 0.0625. The molecule has 0 saturated heterocycles. The number of carbonyl (C=O) groups excluding carboxylic acids is 1. The van der Waals surface area contributed by atoms with Crippen LogP contribution in [-0.2, 0) is 10.0 Å². The number of hydrogen-bond acceptors (Lipinski definition) is 6. The normalized spacial score (nSPS) is 11.2. The molecule has 0 saturated carbocycles. The number of benzene rings is 1. The van der Waals surface area contributed by atoms with Crippen molar-refractivity contribution in [3.63, 3.8) is 0 Å². The van der Waals surface area contributed by atoms with E-state index in [-0.39, 0.29) is 16.5 Å². The van der Waals surface area contributed by atoms with E-state index in [1.165, 1.54) is 18.3 Å². The summed E-state index contributed by atoms with van der Waals surface area (Å²) in [5.41, 5.74) is 1.36. The second kappa shape index (κ2) is 6.25. The predicted molar refractivity (Wildman–Crippen MR) is 85.6 cm³/mol. The first-order valence-corrected chi connectivity index (χ1v) is 8.44. The molecule has 1 aromatic carbocycles. The SMILES string of the molecule is Cc1ccc(S(=O)(=O)NC(=O)c2coc(-c3cccnc3)n2)cc1. The maximum Gasteiger partial charge on any atom is 0.286 e. The highest BCUT2D eigenvalue weighted by Gasteiger charge is 2.21. The van der Waals surface area contributed by atoms with Crippen molar-refractivity contribution < 1.29 is 17.6 Å². The lowest BCUT2D eigenvalue weighted by Crippen LogP contribution is -2.30. The number of oxazole rings is 1. The number of carbonyl (C=O) groups is 1. The van der Waals surface area contributed by atoms with Gasteiger partial charge in [-0.25, -0.2) is 18.1 Å². The summed E-state index contributed by atoms with van der Waals surface area (Å²) in [7, 11) is -3.97. The van der Waals surface area contributed by atoms with Gasteiger partial charge >= 0.3 is 0 Å². The summed E-state index contributed by atoms with van der Waals surface area (Å²) in [5.74, 6) is -0.685. The van der Waals surface area contributed by atoms with E-state index >= 15 is 0 Å². The zero-order valence-corrected chi connectivity index (χ0v) is 13.4. The molecule has 1 amide bonds. The van der Waals surface area contributed by atoms with Crippen molar-refractivity contribution in [1.29, 1.82) is 0 Å². The molecular weight excluding hydrogens is 330 g/mol. The van der Waals surface area contributed by atoms with Gasteiger partial charge in [-0.3, -0.25) is 9.78 Å². The summed E-state index contributed by atoms with van der Waals surface area (Å²) in [6, 6.07) is 9.56. The Morgan fingerprint density at radius 2 is 1.92 bits per heavy atom. The molecule has 0 unspecified atom stereocenters. The van der Waals surface area contributed by atoms with Gasteiger partial charge in [-0.05, 0) is 31.2 Å². The van der Waals surface area contributed by atoms with Crippen molar-refractivity contribution in [3.05, 3.63) is 66.3 Å². The summed E-state index contributed by atoms with van der Waals surface area (Å²) in [6.45, 7) is 1.84. The van der Waals surface area contributed by atoms with E-state index in [1.54, 1.807) is 30.5 Å². The Hall–Kier alpha value is -3.00. The lowest BCUT2D eigenvalue weighted by molar-refractivity contribution is 0.0976. The quantitative estimate of drug-likeness (QED) is 0.779. The van der Waals surface area contributed by atoms with E-state index in [2.05, 4.69) is 9.97 Å². The highest BCUT2D eigenvalue weighted by molar-refractivity contribution is 7.90. The highest BCUT2D eigenvalue weighted by Crippen LogP contribution is 2.17. The molecule has 0 spiro atoms. The largest absolute Gasteiger partial charge is 0.444 e. The summed E-state index contributed by atoms with van der Waals surface area (Å²) in [4.78, 5) is 20.0. The first-order chi connectivity index (χ1) is 11.5. The van der Waals surface area contributed by atoms with Crippen molar-refractivity contribution in [1.82, 2.24) is 14.7 Å². The number of sulfonamides is 1. The van der Waals surface area contributed by atoms with E-state index in [0.29, 0.717) is 5.56 Å². The van der Waals surface area contributed by atoms with Crippen molar-refractivity contribution in [2.24, 2.45) is 0 Å². The van der Waals surface area contributed by atoms with Crippen molar-refractivity contribution in [2.45, 2.75) is 11.8 Å².